The van der Waals surface area contributed by atoms with Gasteiger partial charge in [-0.2, -0.15) is 5.26 Å². The minimum atomic E-state index is -0.482. The summed E-state index contributed by atoms with van der Waals surface area (Å²) < 4.78 is 11.2. The molecule has 0 aliphatic carbocycles. The van der Waals surface area contributed by atoms with Crippen LogP contribution in [0.3, 0.4) is 0 Å². The van der Waals surface area contributed by atoms with Crippen molar-refractivity contribution in [2.75, 3.05) is 18.9 Å². The molecular formula is C24H29N5O5. The van der Waals surface area contributed by atoms with Gasteiger partial charge in [-0.1, -0.05) is 6.07 Å². The van der Waals surface area contributed by atoms with Crippen LogP contribution in [0.4, 0.5) is 5.69 Å². The summed E-state index contributed by atoms with van der Waals surface area (Å²) in [4.78, 5) is 39.2. The normalized spacial score (nSPS) is 9.12. The zero-order valence-electron chi connectivity index (χ0n) is 19.5. The van der Waals surface area contributed by atoms with Crippen molar-refractivity contribution in [2.24, 2.45) is 0 Å². The number of imidazole rings is 1. The van der Waals surface area contributed by atoms with E-state index in [1.165, 1.54) is 6.92 Å². The molecule has 3 heterocycles. The predicted molar refractivity (Wildman–Crippen MR) is 127 cm³/mol. The van der Waals surface area contributed by atoms with E-state index in [0.29, 0.717) is 25.2 Å². The number of rotatable bonds is 6. The molecule has 3 aromatic heterocycles. The number of hydrogen-bond acceptors (Lipinski definition) is 9. The first kappa shape index (κ1) is 29.5. The SMILES string of the molecule is CC#N.CCOC(=O)/C=C/C=O.CCOC(=O)Cc1cnc2ccccn12.Nc1cccnc1. The molecule has 0 fully saturated rings. The summed E-state index contributed by atoms with van der Waals surface area (Å²) >= 11 is 0. The topological polar surface area (TPSA) is 150 Å². The van der Waals surface area contributed by atoms with Gasteiger partial charge in [-0.05, 0) is 44.2 Å². The minimum absolute atomic E-state index is 0.219. The number of aldehydes is 1. The van der Waals surface area contributed by atoms with Crippen LogP contribution in [0, 0.1) is 11.3 Å². The molecule has 0 bridgehead atoms. The number of hydrogen-bond donors (Lipinski definition) is 1. The molecule has 10 nitrogen and oxygen atoms in total. The number of pyridine rings is 2. The van der Waals surface area contributed by atoms with Crippen LogP contribution in [-0.4, -0.2) is 45.8 Å². The second-order valence-corrected chi connectivity index (χ2v) is 5.92. The summed E-state index contributed by atoms with van der Waals surface area (Å²) in [7, 11) is 0. The standard InChI is InChI=1S/C11H12N2O2.C6H8O3.C5H6N2.C2H3N/c1-2-15-11(14)7-9-8-12-10-5-3-4-6-13(9)10;1-2-9-6(8)4-3-5-7;6-5-2-1-3-7-4-5;1-2-3/h3-6,8H,2,7H2,1H3;3-5H,2H2,1H3;1-4H,6H2;1H3/b;4-3+;;. The smallest absolute Gasteiger partial charge is 0.330 e. The summed E-state index contributed by atoms with van der Waals surface area (Å²) in [5, 5.41) is 7.32. The van der Waals surface area contributed by atoms with Crippen LogP contribution in [0.2, 0.25) is 0 Å². The quantitative estimate of drug-likeness (QED) is 0.328. The maximum atomic E-state index is 11.3. The fourth-order valence-corrected chi connectivity index (χ4v) is 2.16. The van der Waals surface area contributed by atoms with Gasteiger partial charge in [0.05, 0.1) is 37.1 Å². The summed E-state index contributed by atoms with van der Waals surface area (Å²) in [5.41, 5.74) is 7.70. The van der Waals surface area contributed by atoms with Gasteiger partial charge >= 0.3 is 11.9 Å². The van der Waals surface area contributed by atoms with Gasteiger partial charge in [0.15, 0.2) is 0 Å². The Balaban J connectivity index is 0.000000490. The third-order valence-corrected chi connectivity index (χ3v) is 3.41. The lowest BCUT2D eigenvalue weighted by molar-refractivity contribution is -0.142. The molecule has 34 heavy (non-hydrogen) atoms. The third-order valence-electron chi connectivity index (χ3n) is 3.41. The lowest BCUT2D eigenvalue weighted by Crippen LogP contribution is -2.08. The molecule has 0 amide bonds. The highest BCUT2D eigenvalue weighted by atomic mass is 16.5. The van der Waals surface area contributed by atoms with Crippen LogP contribution < -0.4 is 5.73 Å². The second-order valence-electron chi connectivity index (χ2n) is 5.92. The van der Waals surface area contributed by atoms with Gasteiger partial charge < -0.3 is 19.6 Å². The fraction of sp³-hybridized carbons (Fsp3) is 0.250. The molecular weight excluding hydrogens is 438 g/mol. The molecule has 3 aromatic rings. The molecule has 2 N–H and O–H groups in total. The third kappa shape index (κ3) is 13.7. The van der Waals surface area contributed by atoms with Crippen LogP contribution >= 0.6 is 0 Å². The Morgan fingerprint density at radius 1 is 1.15 bits per heavy atom. The molecule has 180 valence electrons. The minimum Gasteiger partial charge on any atom is -0.466 e. The van der Waals surface area contributed by atoms with Crippen LogP contribution in [0.5, 0.6) is 0 Å². The highest BCUT2D eigenvalue weighted by molar-refractivity contribution is 5.86. The van der Waals surface area contributed by atoms with E-state index in [1.54, 1.807) is 50.6 Å². The highest BCUT2D eigenvalue weighted by Gasteiger charge is 2.08. The van der Waals surface area contributed by atoms with Gasteiger partial charge in [0.2, 0.25) is 0 Å². The fourth-order valence-electron chi connectivity index (χ4n) is 2.16. The van der Waals surface area contributed by atoms with Crippen LogP contribution in [0.15, 0.2) is 67.3 Å². The van der Waals surface area contributed by atoms with Crippen LogP contribution in [0.25, 0.3) is 5.65 Å². The van der Waals surface area contributed by atoms with Gasteiger partial charge in [0, 0.05) is 37.8 Å². The summed E-state index contributed by atoms with van der Waals surface area (Å²) in [6, 6.07) is 11.1. The molecule has 0 atom stereocenters. The molecule has 0 unspecified atom stereocenters. The maximum Gasteiger partial charge on any atom is 0.330 e. The Kier molecular flexibility index (Phi) is 16.6. The number of allylic oxidation sites excluding steroid dienone is 1. The average Bonchev–Trinajstić information content (AvgIpc) is 3.23. The largest absolute Gasteiger partial charge is 0.466 e. The molecule has 0 aromatic carbocycles. The number of aromatic nitrogens is 3. The first-order chi connectivity index (χ1) is 16.4. The van der Waals surface area contributed by atoms with E-state index in [-0.39, 0.29) is 12.4 Å². The number of carbonyl (C=O) groups excluding carboxylic acids is 3. The number of ether oxygens (including phenoxy) is 2. The molecule has 0 saturated carbocycles. The number of esters is 2. The number of nitrogens with zero attached hydrogens (tertiary/aromatic N) is 4. The monoisotopic (exact) mass is 467 g/mol. The van der Waals surface area contributed by atoms with E-state index in [9.17, 15) is 14.4 Å². The van der Waals surface area contributed by atoms with Crippen molar-refractivity contribution in [1.82, 2.24) is 14.4 Å². The average molecular weight is 468 g/mol. The number of nitrogens with two attached hydrogens (primary N) is 1. The molecule has 0 saturated heterocycles. The van der Waals surface area contributed by atoms with Crippen molar-refractivity contribution < 1.29 is 23.9 Å². The Morgan fingerprint density at radius 2 is 1.85 bits per heavy atom. The Labute approximate surface area is 198 Å². The first-order valence-electron chi connectivity index (χ1n) is 10.2. The number of carbonyl (C=O) groups is 3. The highest BCUT2D eigenvalue weighted by Crippen LogP contribution is 2.07. The second kappa shape index (κ2) is 19.2. The Hall–Kier alpha value is -4.52. The van der Waals surface area contributed by atoms with Crippen molar-refractivity contribution in [1.29, 1.82) is 5.26 Å². The van der Waals surface area contributed by atoms with Crippen molar-refractivity contribution in [3.05, 3.63) is 73.0 Å². The number of anilines is 1. The number of nitriles is 1. The molecule has 0 aliphatic heterocycles. The molecule has 10 heteroatoms. The summed E-state index contributed by atoms with van der Waals surface area (Å²) in [6.07, 6.45) is 9.85. The van der Waals surface area contributed by atoms with Crippen molar-refractivity contribution >= 4 is 29.6 Å². The van der Waals surface area contributed by atoms with E-state index in [4.69, 9.17) is 15.7 Å². The summed E-state index contributed by atoms with van der Waals surface area (Å²) in [5.74, 6) is -0.701. The number of nitrogen functional groups attached to an aromatic ring is 1. The molecule has 0 spiro atoms. The lowest BCUT2D eigenvalue weighted by Gasteiger charge is -2.01. The van der Waals surface area contributed by atoms with Crippen LogP contribution in [-0.2, 0) is 30.3 Å². The van der Waals surface area contributed by atoms with Gasteiger partial charge in [0.1, 0.15) is 11.9 Å². The Bertz CT molecular complexity index is 1060. The van der Waals surface area contributed by atoms with E-state index in [2.05, 4.69) is 14.7 Å². The first-order valence-corrected chi connectivity index (χ1v) is 10.2. The lowest BCUT2D eigenvalue weighted by atomic mass is 10.3. The van der Waals surface area contributed by atoms with Crippen molar-refractivity contribution in [3.8, 4) is 6.07 Å². The summed E-state index contributed by atoms with van der Waals surface area (Å²) in [6.45, 7) is 5.68. The Morgan fingerprint density at radius 3 is 2.38 bits per heavy atom. The zero-order chi connectivity index (χ0) is 25.6. The van der Waals surface area contributed by atoms with Gasteiger partial charge in [-0.3, -0.25) is 14.6 Å². The van der Waals surface area contributed by atoms with E-state index < -0.39 is 5.97 Å². The zero-order valence-corrected chi connectivity index (χ0v) is 19.5. The van der Waals surface area contributed by atoms with Gasteiger partial charge in [-0.15, -0.1) is 0 Å². The predicted octanol–water partition coefficient (Wildman–Crippen LogP) is 2.94. The molecule has 0 radical (unpaired) electrons. The van der Waals surface area contributed by atoms with Gasteiger partial charge in [-0.25, -0.2) is 9.78 Å². The molecule has 3 rings (SSSR count). The van der Waals surface area contributed by atoms with E-state index in [1.807, 2.05) is 28.8 Å². The maximum absolute atomic E-state index is 11.3. The van der Waals surface area contributed by atoms with E-state index >= 15 is 0 Å². The van der Waals surface area contributed by atoms with Crippen LogP contribution in [0.1, 0.15) is 26.5 Å². The molecule has 0 aliphatic rings. The van der Waals surface area contributed by atoms with Crippen molar-refractivity contribution in [2.45, 2.75) is 27.2 Å². The van der Waals surface area contributed by atoms with Gasteiger partial charge in [0.25, 0.3) is 0 Å². The van der Waals surface area contributed by atoms with E-state index in [0.717, 1.165) is 23.5 Å². The number of fused-ring (bicyclic) bond motifs is 1. The van der Waals surface area contributed by atoms with Crippen molar-refractivity contribution in [3.63, 3.8) is 0 Å².